The summed E-state index contributed by atoms with van der Waals surface area (Å²) in [5.74, 6) is -0.282. The van der Waals surface area contributed by atoms with Crippen LogP contribution in [0.3, 0.4) is 0 Å². The van der Waals surface area contributed by atoms with Crippen LogP contribution in [0.15, 0.2) is 18.3 Å². The molecule has 25 heavy (non-hydrogen) atoms. The van der Waals surface area contributed by atoms with Crippen molar-refractivity contribution in [1.82, 2.24) is 9.88 Å². The zero-order valence-corrected chi connectivity index (χ0v) is 14.9. The Balaban J connectivity index is 1.71. The van der Waals surface area contributed by atoms with E-state index in [4.69, 9.17) is 16.3 Å². The standard InChI is InChI=1S/C17H22ClN3O4/c1-2-25-17(24)12-7-9-21(10-8-12)16(23)6-5-15(22)20-14-4-3-13(18)11-19-14/h3-4,11-12H,2,5-10H2,1H3,(H,19,20,22). The fraction of sp³-hybridized carbons (Fsp3) is 0.529. The highest BCUT2D eigenvalue weighted by molar-refractivity contribution is 6.30. The Morgan fingerprint density at radius 2 is 2.00 bits per heavy atom. The van der Waals surface area contributed by atoms with Crippen molar-refractivity contribution in [2.75, 3.05) is 25.0 Å². The largest absolute Gasteiger partial charge is 0.466 e. The average Bonchev–Trinajstić information content (AvgIpc) is 2.62. The molecule has 0 spiro atoms. The Morgan fingerprint density at radius 3 is 2.60 bits per heavy atom. The fourth-order valence-corrected chi connectivity index (χ4v) is 2.77. The molecule has 0 bridgehead atoms. The quantitative estimate of drug-likeness (QED) is 0.779. The molecule has 1 aliphatic rings. The van der Waals surface area contributed by atoms with Gasteiger partial charge in [-0.25, -0.2) is 4.98 Å². The highest BCUT2D eigenvalue weighted by atomic mass is 35.5. The number of amides is 2. The molecule has 2 rings (SSSR count). The SMILES string of the molecule is CCOC(=O)C1CCN(C(=O)CCC(=O)Nc2ccc(Cl)cn2)CC1. The molecule has 0 aliphatic carbocycles. The predicted octanol–water partition coefficient (Wildman–Crippen LogP) is 2.26. The fourth-order valence-electron chi connectivity index (χ4n) is 2.66. The Labute approximate surface area is 151 Å². The van der Waals surface area contributed by atoms with Gasteiger partial charge in [-0.1, -0.05) is 11.6 Å². The molecule has 1 aliphatic heterocycles. The van der Waals surface area contributed by atoms with Gasteiger partial charge >= 0.3 is 5.97 Å². The number of esters is 1. The molecule has 0 saturated carbocycles. The molecule has 1 N–H and O–H groups in total. The summed E-state index contributed by atoms with van der Waals surface area (Å²) in [6.07, 6.45) is 2.86. The number of piperidine rings is 1. The van der Waals surface area contributed by atoms with Crippen LogP contribution in [0.5, 0.6) is 0 Å². The van der Waals surface area contributed by atoms with Gasteiger partial charge in [-0.2, -0.15) is 0 Å². The van der Waals surface area contributed by atoms with Crippen LogP contribution in [-0.2, 0) is 19.1 Å². The third-order valence-electron chi connectivity index (χ3n) is 4.03. The molecule has 2 heterocycles. The van der Waals surface area contributed by atoms with Crippen molar-refractivity contribution in [3.63, 3.8) is 0 Å². The number of likely N-dealkylation sites (tertiary alicyclic amines) is 1. The topological polar surface area (TPSA) is 88.6 Å². The molecule has 2 amide bonds. The van der Waals surface area contributed by atoms with Crippen LogP contribution in [-0.4, -0.2) is 47.4 Å². The van der Waals surface area contributed by atoms with E-state index in [0.29, 0.717) is 43.4 Å². The number of nitrogens with one attached hydrogen (secondary N) is 1. The lowest BCUT2D eigenvalue weighted by Gasteiger charge is -2.30. The molecular weight excluding hydrogens is 346 g/mol. The number of rotatable bonds is 6. The summed E-state index contributed by atoms with van der Waals surface area (Å²) in [6.45, 7) is 3.18. The maximum Gasteiger partial charge on any atom is 0.309 e. The van der Waals surface area contributed by atoms with E-state index >= 15 is 0 Å². The lowest BCUT2D eigenvalue weighted by atomic mass is 9.96. The number of pyridine rings is 1. The molecule has 0 atom stereocenters. The number of hydrogen-bond acceptors (Lipinski definition) is 5. The van der Waals surface area contributed by atoms with Crippen LogP contribution in [0.25, 0.3) is 0 Å². The first-order chi connectivity index (χ1) is 12.0. The van der Waals surface area contributed by atoms with Crippen molar-refractivity contribution < 1.29 is 19.1 Å². The molecule has 1 aromatic heterocycles. The van der Waals surface area contributed by atoms with E-state index in [1.807, 2.05) is 0 Å². The van der Waals surface area contributed by atoms with Crippen molar-refractivity contribution in [1.29, 1.82) is 0 Å². The normalized spacial score (nSPS) is 14.9. The molecule has 1 fully saturated rings. The van der Waals surface area contributed by atoms with Gasteiger partial charge in [-0.05, 0) is 31.9 Å². The summed E-state index contributed by atoms with van der Waals surface area (Å²) in [7, 11) is 0. The number of carbonyl (C=O) groups is 3. The molecule has 7 nitrogen and oxygen atoms in total. The van der Waals surface area contributed by atoms with Gasteiger partial charge in [0.15, 0.2) is 0 Å². The zero-order valence-electron chi connectivity index (χ0n) is 14.2. The lowest BCUT2D eigenvalue weighted by Crippen LogP contribution is -2.40. The zero-order chi connectivity index (χ0) is 18.2. The summed E-state index contributed by atoms with van der Waals surface area (Å²) in [4.78, 5) is 41.4. The Kier molecular flexibility index (Phi) is 7.18. The van der Waals surface area contributed by atoms with E-state index in [1.165, 1.54) is 6.20 Å². The summed E-state index contributed by atoms with van der Waals surface area (Å²) < 4.78 is 5.01. The van der Waals surface area contributed by atoms with E-state index in [9.17, 15) is 14.4 Å². The molecular formula is C17H22ClN3O4. The Bertz CT molecular complexity index is 613. The van der Waals surface area contributed by atoms with E-state index in [-0.39, 0.29) is 36.5 Å². The van der Waals surface area contributed by atoms with Crippen LogP contribution in [0.2, 0.25) is 5.02 Å². The van der Waals surface area contributed by atoms with Gasteiger partial charge in [0, 0.05) is 32.1 Å². The second-order valence-corrected chi connectivity index (χ2v) is 6.25. The number of nitrogens with zero attached hydrogens (tertiary/aromatic N) is 2. The third-order valence-corrected chi connectivity index (χ3v) is 4.25. The first-order valence-corrected chi connectivity index (χ1v) is 8.73. The van der Waals surface area contributed by atoms with Crippen molar-refractivity contribution in [3.8, 4) is 0 Å². The Morgan fingerprint density at radius 1 is 1.28 bits per heavy atom. The van der Waals surface area contributed by atoms with Crippen LogP contribution in [0.1, 0.15) is 32.6 Å². The highest BCUT2D eigenvalue weighted by Gasteiger charge is 2.28. The van der Waals surface area contributed by atoms with Crippen LogP contribution >= 0.6 is 11.6 Å². The predicted molar refractivity (Wildman–Crippen MR) is 93.0 cm³/mol. The maximum absolute atomic E-state index is 12.2. The minimum Gasteiger partial charge on any atom is -0.466 e. The summed E-state index contributed by atoms with van der Waals surface area (Å²) in [5, 5.41) is 3.11. The number of aromatic nitrogens is 1. The minimum absolute atomic E-state index is 0.0819. The van der Waals surface area contributed by atoms with E-state index in [2.05, 4.69) is 10.3 Å². The molecule has 136 valence electrons. The Hall–Kier alpha value is -2.15. The number of anilines is 1. The minimum atomic E-state index is -0.274. The van der Waals surface area contributed by atoms with Gasteiger partial charge in [-0.15, -0.1) is 0 Å². The molecule has 0 unspecified atom stereocenters. The van der Waals surface area contributed by atoms with Gasteiger partial charge in [-0.3, -0.25) is 14.4 Å². The number of hydrogen-bond donors (Lipinski definition) is 1. The smallest absolute Gasteiger partial charge is 0.309 e. The van der Waals surface area contributed by atoms with Crippen molar-refractivity contribution in [3.05, 3.63) is 23.4 Å². The van der Waals surface area contributed by atoms with Crippen LogP contribution < -0.4 is 5.32 Å². The monoisotopic (exact) mass is 367 g/mol. The second kappa shape index (κ2) is 9.36. The van der Waals surface area contributed by atoms with Gasteiger partial charge < -0.3 is 15.0 Å². The molecule has 8 heteroatoms. The van der Waals surface area contributed by atoms with Gasteiger partial charge in [0.25, 0.3) is 0 Å². The second-order valence-electron chi connectivity index (χ2n) is 5.82. The molecule has 1 aromatic rings. The number of halogens is 1. The average molecular weight is 368 g/mol. The first-order valence-electron chi connectivity index (χ1n) is 8.35. The van der Waals surface area contributed by atoms with Crippen molar-refractivity contribution in [2.24, 2.45) is 5.92 Å². The maximum atomic E-state index is 12.2. The van der Waals surface area contributed by atoms with Crippen LogP contribution in [0, 0.1) is 5.92 Å². The van der Waals surface area contributed by atoms with Crippen LogP contribution in [0.4, 0.5) is 5.82 Å². The molecule has 0 aromatic carbocycles. The van der Waals surface area contributed by atoms with Crippen molar-refractivity contribution >= 4 is 35.2 Å². The van der Waals surface area contributed by atoms with E-state index in [0.717, 1.165) is 0 Å². The van der Waals surface area contributed by atoms with Crippen molar-refractivity contribution in [2.45, 2.75) is 32.6 Å². The summed E-state index contributed by atoms with van der Waals surface area (Å²) >= 11 is 5.73. The van der Waals surface area contributed by atoms with Gasteiger partial charge in [0.2, 0.25) is 11.8 Å². The summed E-state index contributed by atoms with van der Waals surface area (Å²) in [6, 6.07) is 3.23. The van der Waals surface area contributed by atoms with Gasteiger partial charge in [0.1, 0.15) is 5.82 Å². The number of carbonyl (C=O) groups excluding carboxylic acids is 3. The molecule has 0 radical (unpaired) electrons. The van der Waals surface area contributed by atoms with E-state index in [1.54, 1.807) is 24.0 Å². The number of ether oxygens (including phenoxy) is 1. The highest BCUT2D eigenvalue weighted by Crippen LogP contribution is 2.19. The van der Waals surface area contributed by atoms with Gasteiger partial charge in [0.05, 0.1) is 17.5 Å². The lowest BCUT2D eigenvalue weighted by molar-refractivity contribution is -0.151. The van der Waals surface area contributed by atoms with E-state index < -0.39 is 0 Å². The third kappa shape index (κ3) is 6.01. The summed E-state index contributed by atoms with van der Waals surface area (Å²) in [5.41, 5.74) is 0. The molecule has 1 saturated heterocycles. The first kappa shape index (κ1) is 19.2.